The molecule has 1 amide bonds. The molecule has 0 aliphatic heterocycles. The predicted octanol–water partition coefficient (Wildman–Crippen LogP) is 3.63. The van der Waals surface area contributed by atoms with Crippen LogP contribution in [0.15, 0.2) is 73.4 Å². The highest BCUT2D eigenvalue weighted by Gasteiger charge is 2.31. The first-order valence-electron chi connectivity index (χ1n) is 10.5. The number of anilines is 2. The van der Waals surface area contributed by atoms with Gasteiger partial charge in [-0.15, -0.1) is 0 Å². The van der Waals surface area contributed by atoms with Crippen LogP contribution in [-0.4, -0.2) is 44.2 Å². The molecule has 4 N–H and O–H groups in total. The Kier molecular flexibility index (Phi) is 7.01. The van der Waals surface area contributed by atoms with Crippen LogP contribution < -0.4 is 20.7 Å². The largest absolute Gasteiger partial charge is 0.457 e. The highest BCUT2D eigenvalue weighted by atomic mass is 19.4. The van der Waals surface area contributed by atoms with Crippen molar-refractivity contribution in [3.05, 3.63) is 84.7 Å². The molecule has 4 rings (SSSR count). The Morgan fingerprint density at radius 3 is 2.50 bits per heavy atom. The summed E-state index contributed by atoms with van der Waals surface area (Å²) in [7, 11) is 1.50. The third-order valence-corrected chi connectivity index (χ3v) is 4.87. The number of carbonyl (C=O) groups excluding carboxylic acids is 1. The monoisotopic (exact) mass is 499 g/mol. The van der Waals surface area contributed by atoms with Gasteiger partial charge in [0.05, 0.1) is 16.9 Å². The van der Waals surface area contributed by atoms with E-state index >= 15 is 0 Å². The fourth-order valence-electron chi connectivity index (χ4n) is 3.18. The highest BCUT2D eigenvalue weighted by Crippen LogP contribution is 2.33. The van der Waals surface area contributed by atoms with Gasteiger partial charge in [-0.3, -0.25) is 9.78 Å². The summed E-state index contributed by atoms with van der Waals surface area (Å²) in [6.07, 6.45) is -2.00. The lowest BCUT2D eigenvalue weighted by Gasteiger charge is -2.20. The Labute approximate surface area is 202 Å². The van der Waals surface area contributed by atoms with Gasteiger partial charge in [0.2, 0.25) is 6.35 Å². The summed E-state index contributed by atoms with van der Waals surface area (Å²) in [5.41, 5.74) is 0.0106. The number of benzene rings is 2. The number of hydrogen-bond acceptors (Lipinski definition) is 8. The third kappa shape index (κ3) is 5.88. The van der Waals surface area contributed by atoms with Crippen molar-refractivity contribution in [3.63, 3.8) is 0 Å². The molecule has 186 valence electrons. The number of ether oxygens (including phenoxy) is 1. The minimum atomic E-state index is -4.57. The molecule has 13 heteroatoms. The van der Waals surface area contributed by atoms with E-state index in [0.29, 0.717) is 17.2 Å². The van der Waals surface area contributed by atoms with Crippen LogP contribution in [0.25, 0.3) is 5.69 Å². The number of rotatable bonds is 8. The van der Waals surface area contributed by atoms with Crippen molar-refractivity contribution in [3.8, 4) is 17.2 Å². The maximum atomic E-state index is 13.2. The number of carbonyl (C=O) groups is 1. The molecule has 0 aliphatic rings. The van der Waals surface area contributed by atoms with Gasteiger partial charge >= 0.3 is 6.18 Å². The summed E-state index contributed by atoms with van der Waals surface area (Å²) in [5, 5.41) is 22.2. The smallest absolute Gasteiger partial charge is 0.416 e. The molecular weight excluding hydrogens is 479 g/mol. The van der Waals surface area contributed by atoms with Gasteiger partial charge in [-0.1, -0.05) is 0 Å². The normalized spacial score (nSPS) is 12.0. The van der Waals surface area contributed by atoms with Crippen molar-refractivity contribution in [2.45, 2.75) is 12.5 Å². The van der Waals surface area contributed by atoms with Crippen molar-refractivity contribution in [1.82, 2.24) is 25.1 Å². The summed E-state index contributed by atoms with van der Waals surface area (Å²) >= 11 is 0. The first-order valence-corrected chi connectivity index (χ1v) is 10.5. The first kappa shape index (κ1) is 24.5. The van der Waals surface area contributed by atoms with Crippen LogP contribution in [0.1, 0.15) is 16.1 Å². The summed E-state index contributed by atoms with van der Waals surface area (Å²) < 4.78 is 46.7. The first-order chi connectivity index (χ1) is 17.2. The van der Waals surface area contributed by atoms with Crippen molar-refractivity contribution >= 4 is 17.3 Å². The van der Waals surface area contributed by atoms with Gasteiger partial charge in [0.15, 0.2) is 0 Å². The van der Waals surface area contributed by atoms with E-state index < -0.39 is 18.1 Å². The average molecular weight is 499 g/mol. The minimum Gasteiger partial charge on any atom is -0.457 e. The maximum Gasteiger partial charge on any atom is 0.416 e. The van der Waals surface area contributed by atoms with Crippen molar-refractivity contribution in [2.75, 3.05) is 17.7 Å². The predicted molar refractivity (Wildman–Crippen MR) is 124 cm³/mol. The molecule has 0 radical (unpaired) electrons. The van der Waals surface area contributed by atoms with Crippen molar-refractivity contribution in [1.29, 1.82) is 0 Å². The van der Waals surface area contributed by atoms with Gasteiger partial charge in [0, 0.05) is 25.0 Å². The molecule has 36 heavy (non-hydrogen) atoms. The van der Waals surface area contributed by atoms with Gasteiger partial charge in [0.1, 0.15) is 29.8 Å². The molecule has 0 spiro atoms. The number of aliphatic hydroxyl groups is 1. The number of hydrogen-bond donors (Lipinski definition) is 4. The molecule has 1 unspecified atom stereocenters. The van der Waals surface area contributed by atoms with Gasteiger partial charge in [-0.2, -0.15) is 18.3 Å². The third-order valence-electron chi connectivity index (χ3n) is 4.87. The lowest BCUT2D eigenvalue weighted by Crippen LogP contribution is -2.28. The van der Waals surface area contributed by atoms with E-state index in [-0.39, 0.29) is 23.0 Å². The number of amides is 1. The van der Waals surface area contributed by atoms with E-state index in [9.17, 15) is 23.1 Å². The number of aliphatic hydroxyl groups excluding tert-OH is 1. The van der Waals surface area contributed by atoms with Crippen molar-refractivity contribution < 1.29 is 27.8 Å². The number of alkyl halides is 3. The molecule has 2 aromatic heterocycles. The van der Waals surface area contributed by atoms with Gasteiger partial charge in [-0.05, 0) is 48.5 Å². The summed E-state index contributed by atoms with van der Waals surface area (Å²) in [4.78, 5) is 19.5. The second-order valence-electron chi connectivity index (χ2n) is 7.34. The molecule has 2 heterocycles. The molecule has 2 aromatic carbocycles. The Morgan fingerprint density at radius 2 is 1.83 bits per heavy atom. The highest BCUT2D eigenvalue weighted by molar-refractivity contribution is 5.92. The van der Waals surface area contributed by atoms with Crippen LogP contribution in [0.4, 0.5) is 24.5 Å². The van der Waals surface area contributed by atoms with Gasteiger partial charge in [-0.25, -0.2) is 9.67 Å². The molecule has 1 atom stereocenters. The van der Waals surface area contributed by atoms with Crippen LogP contribution in [0.2, 0.25) is 0 Å². The molecule has 4 aromatic rings. The zero-order valence-corrected chi connectivity index (χ0v) is 18.7. The van der Waals surface area contributed by atoms with Crippen LogP contribution in [0.5, 0.6) is 11.5 Å². The Balaban J connectivity index is 1.45. The lowest BCUT2D eigenvalue weighted by atomic mass is 10.1. The fourth-order valence-corrected chi connectivity index (χ4v) is 3.18. The zero-order chi connectivity index (χ0) is 25.7. The van der Waals surface area contributed by atoms with Gasteiger partial charge in [0.25, 0.3) is 5.91 Å². The second kappa shape index (κ2) is 10.3. The van der Waals surface area contributed by atoms with Gasteiger partial charge < -0.3 is 25.8 Å². The lowest BCUT2D eigenvalue weighted by molar-refractivity contribution is -0.137. The molecule has 0 saturated carbocycles. The van der Waals surface area contributed by atoms with Crippen molar-refractivity contribution in [2.24, 2.45) is 0 Å². The zero-order valence-electron chi connectivity index (χ0n) is 18.7. The Bertz CT molecular complexity index is 1330. The van der Waals surface area contributed by atoms with E-state index in [1.54, 1.807) is 30.3 Å². The molecule has 0 bridgehead atoms. The maximum absolute atomic E-state index is 13.2. The van der Waals surface area contributed by atoms with E-state index in [1.165, 1.54) is 42.7 Å². The van der Waals surface area contributed by atoms with Crippen LogP contribution in [0, 0.1) is 0 Å². The average Bonchev–Trinajstić information content (AvgIpc) is 3.39. The topological polar surface area (TPSA) is 126 Å². The fraction of sp³-hybridized carbons (Fsp3) is 0.130. The van der Waals surface area contributed by atoms with Crippen LogP contribution in [-0.2, 0) is 6.18 Å². The Hall–Kier alpha value is -4.65. The van der Waals surface area contributed by atoms with Crippen LogP contribution >= 0.6 is 0 Å². The Morgan fingerprint density at radius 1 is 1.06 bits per heavy atom. The molecule has 0 aliphatic carbocycles. The quantitative estimate of drug-likeness (QED) is 0.271. The summed E-state index contributed by atoms with van der Waals surface area (Å²) in [6.45, 7) is 0. The van der Waals surface area contributed by atoms with E-state index in [4.69, 9.17) is 4.74 Å². The number of halogens is 3. The van der Waals surface area contributed by atoms with Crippen LogP contribution in [0.3, 0.4) is 0 Å². The van der Waals surface area contributed by atoms with E-state index in [2.05, 4.69) is 31.0 Å². The van der Waals surface area contributed by atoms with E-state index in [0.717, 1.165) is 12.1 Å². The SMILES string of the molecule is CNC(=O)c1cc(Oc2ccc(NC(O)Nc3cc(C(F)(F)F)ccc3-n3cncn3)cc2)ccn1. The molecule has 0 fully saturated rings. The molecule has 0 saturated heterocycles. The minimum absolute atomic E-state index is 0.0140. The summed E-state index contributed by atoms with van der Waals surface area (Å²) in [5.74, 6) is 0.494. The molecular formula is C23H20F3N7O3. The number of pyridine rings is 1. The number of nitrogens with zero attached hydrogens (tertiary/aromatic N) is 4. The number of aromatic nitrogens is 4. The molecule has 10 nitrogen and oxygen atoms in total. The van der Waals surface area contributed by atoms with E-state index in [1.807, 2.05) is 0 Å². The summed E-state index contributed by atoms with van der Waals surface area (Å²) in [6, 6.07) is 12.5. The number of nitrogens with one attached hydrogen (secondary N) is 3. The standard InChI is InChI=1S/C23H20F3N7O3/c1-27-21(34)19-11-17(8-9-29-19)36-16-5-3-15(4-6-16)31-22(35)32-18-10-14(23(24,25)26)2-7-20(18)33-13-28-12-30-33/h2-13,22,31-32,35H,1H3,(H,27,34). The second-order valence-corrected chi connectivity index (χ2v) is 7.34.